The zero-order valence-corrected chi connectivity index (χ0v) is 42.4. The smallest absolute Gasteiger partial charge is 0.463 e. The summed E-state index contributed by atoms with van der Waals surface area (Å²) in [6.45, 7) is 6.50. The van der Waals surface area contributed by atoms with Crippen molar-refractivity contribution >= 4 is 62.8 Å². The number of carbonyl (C=O) groups excluding carboxylic acids is 8. The summed E-state index contributed by atoms with van der Waals surface area (Å²) in [5.41, 5.74) is 0. The Kier molecular flexibility index (Phi) is 36.2. The third-order valence-corrected chi connectivity index (χ3v) is 10.7. The first kappa shape index (κ1) is 64.8. The zero-order chi connectivity index (χ0) is 52.1. The number of amides is 4. The van der Waals surface area contributed by atoms with Gasteiger partial charge in [-0.1, -0.05) is 24.3 Å². The van der Waals surface area contributed by atoms with Crippen molar-refractivity contribution in [2.45, 2.75) is 136 Å². The van der Waals surface area contributed by atoms with Gasteiger partial charge in [0.25, 0.3) is 0 Å². The Morgan fingerprint density at radius 3 is 1.26 bits per heavy atom. The lowest BCUT2D eigenvalue weighted by Gasteiger charge is -2.21. The summed E-state index contributed by atoms with van der Waals surface area (Å²) in [7, 11) is -9.50. The molecular weight excluding hydrogens is 954 g/mol. The molecule has 0 aromatic carbocycles. The molecule has 6 atom stereocenters. The first-order chi connectivity index (χ1) is 32.6. The third kappa shape index (κ3) is 40.2. The molecule has 0 fully saturated rings. The van der Waals surface area contributed by atoms with Crippen molar-refractivity contribution in [3.63, 3.8) is 0 Å². The number of carbonyl (C=O) groups is 8. The van der Waals surface area contributed by atoms with E-state index in [0.717, 1.165) is 12.8 Å². The monoisotopic (exact) mass is 1030 g/mol. The Labute approximate surface area is 404 Å². The Bertz CT molecular complexity index is 1630. The number of nitrogens with one attached hydrogen (secondary N) is 4. The van der Waals surface area contributed by atoms with Gasteiger partial charge in [0.05, 0.1) is 77.8 Å². The molecule has 6 N–H and O–H groups in total. The lowest BCUT2D eigenvalue weighted by Crippen LogP contribution is -2.42. The number of ketones is 2. The zero-order valence-electron chi connectivity index (χ0n) is 40.6. The highest BCUT2D eigenvalue weighted by Gasteiger charge is 2.27. The largest absolute Gasteiger partial charge is 0.472 e. The molecule has 0 aliphatic carbocycles. The first-order valence-electron chi connectivity index (χ1n) is 22.7. The molecule has 0 aliphatic heterocycles. The van der Waals surface area contributed by atoms with E-state index in [4.69, 9.17) is 37.0 Å². The van der Waals surface area contributed by atoms with Gasteiger partial charge in [0.2, 0.25) is 23.6 Å². The van der Waals surface area contributed by atoms with E-state index in [1.807, 2.05) is 38.2 Å². The summed E-state index contributed by atoms with van der Waals surface area (Å²) in [6.07, 6.45) is 9.13. The lowest BCUT2D eigenvalue weighted by atomic mass is 10.2. The number of esters is 2. The summed E-state index contributed by atoms with van der Waals surface area (Å²) in [6, 6.07) is -1.98. The van der Waals surface area contributed by atoms with Crippen LogP contribution in [0.25, 0.3) is 0 Å². The number of phosphoric acid groups is 2. The SMILES string of the molecule is C/C=C\CCCC(=O)O[C@H](C)CCOC[C@@H](COP(=O)(O)OCCNC(=O)CC(=O)NCCOP(=O)(O)OC[C@H](COCC[C@@H](C)OC(=O)CCC/C=C\C)NC(=O)CC(C)=O)NC(=O)CC(C)=O. The van der Waals surface area contributed by atoms with Crippen LogP contribution >= 0.6 is 15.6 Å². The molecule has 396 valence electrons. The fraction of sp³-hybridized carbons (Fsp3) is 0.721. The average molecular weight is 1030 g/mol. The van der Waals surface area contributed by atoms with Gasteiger partial charge in [0.15, 0.2) is 0 Å². The molecule has 0 saturated heterocycles. The van der Waals surface area contributed by atoms with Crippen LogP contribution in [-0.4, -0.2) is 147 Å². The summed E-state index contributed by atoms with van der Waals surface area (Å²) in [5.74, 6) is -4.53. The van der Waals surface area contributed by atoms with Crippen molar-refractivity contribution in [1.29, 1.82) is 0 Å². The van der Waals surface area contributed by atoms with Crippen LogP contribution in [0.15, 0.2) is 24.3 Å². The van der Waals surface area contributed by atoms with Gasteiger partial charge in [-0.25, -0.2) is 9.13 Å². The van der Waals surface area contributed by atoms with E-state index in [2.05, 4.69) is 21.3 Å². The van der Waals surface area contributed by atoms with Gasteiger partial charge < -0.3 is 50.0 Å². The molecule has 0 aromatic rings. The predicted octanol–water partition coefficient (Wildman–Crippen LogP) is 2.97. The lowest BCUT2D eigenvalue weighted by molar-refractivity contribution is -0.150. The molecule has 0 radical (unpaired) electrons. The number of unbranched alkanes of at least 4 members (excludes halogenated alkanes) is 2. The van der Waals surface area contributed by atoms with Crippen molar-refractivity contribution in [3.05, 3.63) is 24.3 Å². The molecule has 4 amide bonds. The van der Waals surface area contributed by atoms with Gasteiger partial charge in [0.1, 0.15) is 30.2 Å². The van der Waals surface area contributed by atoms with Crippen LogP contribution in [0.2, 0.25) is 0 Å². The molecule has 0 spiro atoms. The Hall–Kier alpha value is -4.22. The first-order valence-corrected chi connectivity index (χ1v) is 25.7. The van der Waals surface area contributed by atoms with E-state index in [9.17, 15) is 57.3 Å². The van der Waals surface area contributed by atoms with Gasteiger partial charge >= 0.3 is 27.6 Å². The number of ether oxygens (including phenoxy) is 4. The van der Waals surface area contributed by atoms with Crippen LogP contribution in [0.1, 0.15) is 112 Å². The van der Waals surface area contributed by atoms with Crippen molar-refractivity contribution in [3.8, 4) is 0 Å². The molecule has 69 heavy (non-hydrogen) atoms. The van der Waals surface area contributed by atoms with E-state index in [1.54, 1.807) is 13.8 Å². The minimum absolute atomic E-state index is 0.0964. The number of allylic oxidation sites excluding steroid dienone is 4. The van der Waals surface area contributed by atoms with Crippen molar-refractivity contribution in [2.75, 3.05) is 65.9 Å². The van der Waals surface area contributed by atoms with Crippen molar-refractivity contribution in [2.24, 2.45) is 0 Å². The van der Waals surface area contributed by atoms with Crippen LogP contribution < -0.4 is 21.3 Å². The molecule has 0 heterocycles. The normalized spacial score (nSPS) is 15.0. The van der Waals surface area contributed by atoms with E-state index in [0.29, 0.717) is 25.7 Å². The second-order valence-electron chi connectivity index (χ2n) is 15.6. The quantitative estimate of drug-likeness (QED) is 0.0168. The van der Waals surface area contributed by atoms with Gasteiger partial charge in [-0.2, -0.15) is 0 Å². The summed E-state index contributed by atoms with van der Waals surface area (Å²) in [4.78, 5) is 116. The van der Waals surface area contributed by atoms with E-state index in [-0.39, 0.29) is 64.3 Å². The number of phosphoric ester groups is 2. The second-order valence-corrected chi connectivity index (χ2v) is 18.5. The highest BCUT2D eigenvalue weighted by molar-refractivity contribution is 7.47. The van der Waals surface area contributed by atoms with Crippen LogP contribution in [0.4, 0.5) is 0 Å². The molecular formula is C43H74N4O20P2. The highest BCUT2D eigenvalue weighted by Crippen LogP contribution is 2.43. The summed E-state index contributed by atoms with van der Waals surface area (Å²) >= 11 is 0. The fourth-order valence-corrected chi connectivity index (χ4v) is 6.91. The molecule has 24 nitrogen and oxygen atoms in total. The van der Waals surface area contributed by atoms with E-state index >= 15 is 0 Å². The molecule has 0 bridgehead atoms. The van der Waals surface area contributed by atoms with Gasteiger partial charge in [-0.05, 0) is 67.2 Å². The fourth-order valence-electron chi connectivity index (χ4n) is 5.39. The number of hydrogen-bond donors (Lipinski definition) is 6. The van der Waals surface area contributed by atoms with Gasteiger partial charge in [-0.3, -0.25) is 56.5 Å². The molecule has 0 saturated carbocycles. The highest BCUT2D eigenvalue weighted by atomic mass is 31.2. The maximum Gasteiger partial charge on any atom is 0.472 e. The predicted molar refractivity (Wildman–Crippen MR) is 248 cm³/mol. The topological polar surface area (TPSA) is 333 Å². The molecule has 26 heteroatoms. The van der Waals surface area contributed by atoms with Crippen molar-refractivity contribution < 1.29 is 94.3 Å². The van der Waals surface area contributed by atoms with E-state index in [1.165, 1.54) is 13.8 Å². The Balaban J connectivity index is 4.72. The molecule has 2 unspecified atom stereocenters. The maximum atomic E-state index is 12.5. The second kappa shape index (κ2) is 38.5. The van der Waals surface area contributed by atoms with Crippen LogP contribution in [-0.2, 0) is 84.5 Å². The number of hydrogen-bond acceptors (Lipinski definition) is 18. The average Bonchev–Trinajstić information content (AvgIpc) is 3.24. The molecule has 0 rings (SSSR count). The number of Topliss-reactive ketones (excluding diaryl/α,β-unsaturated/α-hetero) is 2. The van der Waals surface area contributed by atoms with Crippen LogP contribution in [0.3, 0.4) is 0 Å². The third-order valence-electron chi connectivity index (χ3n) is 8.72. The standard InChI is InChI=1S/C43H74N4O20P2/c1-7-9-11-13-15-42(54)66-34(5)17-21-60-28-36(46-40(52)25-32(3)48)30-64-68(56,57)62-23-19-44-38(50)27-39(51)45-20-24-63-69(58,59)65-31-37(47-41(53)26-33(4)49)29-61-22-18-35(6)67-43(55)16-14-12-10-8-2/h7-10,34-37H,11-31H2,1-6H3,(H,44,50)(H,45,51)(H,46,52)(H,47,53)(H,56,57)(H,58,59)/b9-7-,10-8-/t34-,35-,36+,37+/m1/s1. The van der Waals surface area contributed by atoms with E-state index < -0.39 is 121 Å². The summed E-state index contributed by atoms with van der Waals surface area (Å²) in [5, 5.41) is 9.56. The minimum atomic E-state index is -4.75. The summed E-state index contributed by atoms with van der Waals surface area (Å²) < 4.78 is 66.5. The minimum Gasteiger partial charge on any atom is -0.463 e. The van der Waals surface area contributed by atoms with Gasteiger partial charge in [-0.15, -0.1) is 0 Å². The molecule has 0 aliphatic rings. The van der Waals surface area contributed by atoms with Gasteiger partial charge in [0, 0.05) is 38.8 Å². The van der Waals surface area contributed by atoms with Crippen molar-refractivity contribution in [1.82, 2.24) is 21.3 Å². The molecule has 0 aromatic heterocycles. The maximum absolute atomic E-state index is 12.5. The Morgan fingerprint density at radius 1 is 0.536 bits per heavy atom. The Morgan fingerprint density at radius 2 is 0.913 bits per heavy atom. The van der Waals surface area contributed by atoms with Crippen LogP contribution in [0, 0.1) is 0 Å². The van der Waals surface area contributed by atoms with Crippen LogP contribution in [0.5, 0.6) is 0 Å². The number of rotatable bonds is 42.